The van der Waals surface area contributed by atoms with E-state index < -0.39 is 0 Å². The second kappa shape index (κ2) is 8.44. The molecule has 0 aliphatic carbocycles. The first kappa shape index (κ1) is 18.6. The molecule has 0 amide bonds. The molecule has 0 aromatic carbocycles. The van der Waals surface area contributed by atoms with Crippen LogP contribution in [0.5, 0.6) is 0 Å². The lowest BCUT2D eigenvalue weighted by atomic mass is 10.2. The minimum Gasteiger partial charge on any atom is -0.384 e. The van der Waals surface area contributed by atoms with Crippen molar-refractivity contribution in [1.82, 2.24) is 15.3 Å². The minimum atomic E-state index is 0.153. The van der Waals surface area contributed by atoms with E-state index in [-0.39, 0.29) is 12.1 Å². The predicted octanol–water partition coefficient (Wildman–Crippen LogP) is 1.72. The van der Waals surface area contributed by atoms with Crippen LogP contribution in [0.2, 0.25) is 0 Å². The highest BCUT2D eigenvalue weighted by Crippen LogP contribution is 2.15. The largest absolute Gasteiger partial charge is 0.384 e. The van der Waals surface area contributed by atoms with Crippen molar-refractivity contribution in [2.75, 3.05) is 24.6 Å². The number of anilines is 2. The molecular weight excluding hydrogens is 330 g/mol. The highest BCUT2D eigenvalue weighted by atomic mass is 16.5. The van der Waals surface area contributed by atoms with Gasteiger partial charge in [-0.1, -0.05) is 0 Å². The number of nitrogens with one attached hydrogen (secondary N) is 1. The van der Waals surface area contributed by atoms with Crippen molar-refractivity contribution >= 4 is 11.6 Å². The van der Waals surface area contributed by atoms with E-state index in [4.69, 9.17) is 20.9 Å². The third-order valence-electron chi connectivity index (χ3n) is 4.30. The van der Waals surface area contributed by atoms with Gasteiger partial charge in [0, 0.05) is 12.6 Å². The van der Waals surface area contributed by atoms with E-state index in [1.807, 2.05) is 38.1 Å². The Labute approximate surface area is 154 Å². The van der Waals surface area contributed by atoms with Gasteiger partial charge < -0.3 is 26.3 Å². The van der Waals surface area contributed by atoms with Gasteiger partial charge in [-0.15, -0.1) is 0 Å². The highest BCUT2D eigenvalue weighted by Gasteiger charge is 2.25. The third kappa shape index (κ3) is 5.39. The Kier molecular flexibility index (Phi) is 6.03. The van der Waals surface area contributed by atoms with Crippen molar-refractivity contribution in [1.29, 1.82) is 0 Å². The zero-order chi connectivity index (χ0) is 18.5. The molecule has 2 aromatic heterocycles. The van der Waals surface area contributed by atoms with Crippen LogP contribution >= 0.6 is 0 Å². The molecule has 1 aliphatic rings. The van der Waals surface area contributed by atoms with Crippen LogP contribution in [0.3, 0.4) is 0 Å². The van der Waals surface area contributed by atoms with E-state index in [2.05, 4.69) is 15.3 Å². The Morgan fingerprint density at radius 3 is 2.23 bits per heavy atom. The summed E-state index contributed by atoms with van der Waals surface area (Å²) in [6.07, 6.45) is 1.06. The van der Waals surface area contributed by atoms with Gasteiger partial charge in [0.15, 0.2) is 0 Å². The number of aryl methyl sites for hydroxylation is 2. The summed E-state index contributed by atoms with van der Waals surface area (Å²) in [5, 5.41) is 3.43. The summed E-state index contributed by atoms with van der Waals surface area (Å²) in [5.41, 5.74) is 15.5. The number of ether oxygens (including phenoxy) is 2. The van der Waals surface area contributed by atoms with Crippen LogP contribution in [0.4, 0.5) is 11.6 Å². The van der Waals surface area contributed by atoms with Gasteiger partial charge in [-0.05, 0) is 55.7 Å². The monoisotopic (exact) mass is 357 g/mol. The number of nitrogens with zero attached hydrogens (tertiary/aromatic N) is 2. The van der Waals surface area contributed by atoms with E-state index in [0.717, 1.165) is 35.5 Å². The fraction of sp³-hybridized carbons (Fsp3) is 0.474. The molecule has 2 aromatic rings. The van der Waals surface area contributed by atoms with Gasteiger partial charge in [0.05, 0.1) is 37.3 Å². The normalized spacial score (nSPS) is 19.8. The molecule has 3 heterocycles. The average molecular weight is 357 g/mol. The maximum Gasteiger partial charge on any atom is 0.123 e. The number of hydrogen-bond donors (Lipinski definition) is 3. The average Bonchev–Trinajstić information content (AvgIpc) is 2.99. The SMILES string of the molecule is Cc1cc(N)nc(COC[C@H]2C[C@@H](OCc3cc(C)cc(N)n3)CN2)c1. The lowest BCUT2D eigenvalue weighted by Gasteiger charge is -2.13. The van der Waals surface area contributed by atoms with Gasteiger partial charge >= 0.3 is 0 Å². The standard InChI is InChI=1S/C19H27N5O2/c1-12-3-15(23-18(20)5-12)10-25-9-14-7-17(8-22-14)26-11-16-4-13(2)6-19(21)24-16/h3-6,14,17,22H,7-11H2,1-2H3,(H2,20,23)(H2,21,24)/t14-,17-/m1/s1. The predicted molar refractivity (Wildman–Crippen MR) is 101 cm³/mol. The van der Waals surface area contributed by atoms with Gasteiger partial charge in [-0.3, -0.25) is 0 Å². The first-order chi connectivity index (χ1) is 12.5. The number of rotatable bonds is 7. The van der Waals surface area contributed by atoms with Crippen LogP contribution in [-0.4, -0.2) is 35.3 Å². The molecular formula is C19H27N5O2. The van der Waals surface area contributed by atoms with Crippen molar-refractivity contribution in [2.24, 2.45) is 0 Å². The second-order valence-corrected chi connectivity index (χ2v) is 6.91. The number of nitrogens with two attached hydrogens (primary N) is 2. The Balaban J connectivity index is 1.39. The smallest absolute Gasteiger partial charge is 0.123 e. The number of nitrogen functional groups attached to an aromatic ring is 2. The molecule has 7 heteroatoms. The fourth-order valence-corrected chi connectivity index (χ4v) is 3.23. The van der Waals surface area contributed by atoms with Gasteiger partial charge in [0.2, 0.25) is 0 Å². The Bertz CT molecular complexity index is 712. The maximum atomic E-state index is 5.96. The molecule has 7 nitrogen and oxygen atoms in total. The van der Waals surface area contributed by atoms with Crippen molar-refractivity contribution in [3.63, 3.8) is 0 Å². The Hall–Kier alpha value is -2.22. The van der Waals surface area contributed by atoms with E-state index in [0.29, 0.717) is 31.5 Å². The molecule has 0 saturated carbocycles. The summed E-state index contributed by atoms with van der Waals surface area (Å²) in [5.74, 6) is 1.06. The molecule has 140 valence electrons. The van der Waals surface area contributed by atoms with Crippen LogP contribution in [0.15, 0.2) is 24.3 Å². The summed E-state index contributed by atoms with van der Waals surface area (Å²) in [7, 11) is 0. The maximum absolute atomic E-state index is 5.96. The molecule has 1 saturated heterocycles. The van der Waals surface area contributed by atoms with Crippen molar-refractivity contribution in [3.05, 3.63) is 46.8 Å². The quantitative estimate of drug-likeness (QED) is 0.692. The van der Waals surface area contributed by atoms with Crippen LogP contribution in [-0.2, 0) is 22.7 Å². The van der Waals surface area contributed by atoms with E-state index in [1.54, 1.807) is 0 Å². The molecule has 3 rings (SSSR count). The zero-order valence-electron chi connectivity index (χ0n) is 15.4. The van der Waals surface area contributed by atoms with Crippen LogP contribution in [0.1, 0.15) is 28.9 Å². The number of hydrogen-bond acceptors (Lipinski definition) is 7. The Morgan fingerprint density at radius 2 is 1.62 bits per heavy atom. The summed E-state index contributed by atoms with van der Waals surface area (Å²) in [4.78, 5) is 8.58. The fourth-order valence-electron chi connectivity index (χ4n) is 3.23. The van der Waals surface area contributed by atoms with Crippen molar-refractivity contribution < 1.29 is 9.47 Å². The molecule has 5 N–H and O–H groups in total. The summed E-state index contributed by atoms with van der Waals surface area (Å²) in [6.45, 7) is 6.36. The van der Waals surface area contributed by atoms with E-state index >= 15 is 0 Å². The van der Waals surface area contributed by atoms with Crippen LogP contribution in [0.25, 0.3) is 0 Å². The van der Waals surface area contributed by atoms with E-state index in [9.17, 15) is 0 Å². The summed E-state index contributed by atoms with van der Waals surface area (Å²) in [6, 6.07) is 7.97. The molecule has 1 fully saturated rings. The summed E-state index contributed by atoms with van der Waals surface area (Å²) < 4.78 is 11.8. The number of aromatic nitrogens is 2. The van der Waals surface area contributed by atoms with Gasteiger partial charge in [0.25, 0.3) is 0 Å². The topological polar surface area (TPSA) is 108 Å². The van der Waals surface area contributed by atoms with E-state index in [1.165, 1.54) is 0 Å². The molecule has 2 atom stereocenters. The molecule has 26 heavy (non-hydrogen) atoms. The second-order valence-electron chi connectivity index (χ2n) is 6.91. The lowest BCUT2D eigenvalue weighted by molar-refractivity contribution is 0.0453. The van der Waals surface area contributed by atoms with Crippen molar-refractivity contribution in [3.8, 4) is 0 Å². The molecule has 0 radical (unpaired) electrons. The third-order valence-corrected chi connectivity index (χ3v) is 4.30. The highest BCUT2D eigenvalue weighted by molar-refractivity contribution is 5.34. The minimum absolute atomic E-state index is 0.153. The molecule has 1 aliphatic heterocycles. The van der Waals surface area contributed by atoms with Gasteiger partial charge in [0.1, 0.15) is 11.6 Å². The molecule has 0 spiro atoms. The zero-order valence-corrected chi connectivity index (χ0v) is 15.4. The Morgan fingerprint density at radius 1 is 1.00 bits per heavy atom. The number of pyridine rings is 2. The van der Waals surface area contributed by atoms with Gasteiger partial charge in [-0.2, -0.15) is 0 Å². The molecule has 0 unspecified atom stereocenters. The van der Waals surface area contributed by atoms with Crippen LogP contribution in [0, 0.1) is 13.8 Å². The first-order valence-electron chi connectivity index (χ1n) is 8.87. The first-order valence-corrected chi connectivity index (χ1v) is 8.87. The summed E-state index contributed by atoms with van der Waals surface area (Å²) >= 11 is 0. The molecule has 0 bridgehead atoms. The lowest BCUT2D eigenvalue weighted by Crippen LogP contribution is -2.26. The van der Waals surface area contributed by atoms with Crippen LogP contribution < -0.4 is 16.8 Å². The van der Waals surface area contributed by atoms with Crippen molar-refractivity contribution in [2.45, 2.75) is 45.6 Å². The van der Waals surface area contributed by atoms with Gasteiger partial charge in [-0.25, -0.2) is 9.97 Å².